The highest BCUT2D eigenvalue weighted by Crippen LogP contribution is 2.01. The molecule has 0 aliphatic carbocycles. The summed E-state index contributed by atoms with van der Waals surface area (Å²) >= 11 is 3.00. The molecule has 0 unspecified atom stereocenters. The van der Waals surface area contributed by atoms with E-state index in [0.29, 0.717) is 5.57 Å². The van der Waals surface area contributed by atoms with E-state index in [1.54, 1.807) is 0 Å². The molecule has 4 nitrogen and oxygen atoms in total. The van der Waals surface area contributed by atoms with E-state index < -0.39 is 11.9 Å². The summed E-state index contributed by atoms with van der Waals surface area (Å²) < 4.78 is 0. The van der Waals surface area contributed by atoms with E-state index in [-0.39, 0.29) is 0 Å². The largest absolute Gasteiger partial charge is 0.347 e. The summed E-state index contributed by atoms with van der Waals surface area (Å²) in [5.41, 5.74) is 0.349. The molecule has 0 saturated heterocycles. The monoisotopic (exact) mass is 215 g/mol. The molecular formula is C6H4BrN2O2. The van der Waals surface area contributed by atoms with Crippen molar-refractivity contribution in [3.8, 4) is 0 Å². The molecule has 0 bridgehead atoms. The summed E-state index contributed by atoms with van der Waals surface area (Å²) in [6.07, 6.45) is 2.73. The Balaban J connectivity index is 2.80. The topological polar surface area (TPSA) is 60.3 Å². The van der Waals surface area contributed by atoms with Gasteiger partial charge >= 0.3 is 6.03 Å². The molecule has 57 valence electrons. The Morgan fingerprint density at radius 3 is 2.82 bits per heavy atom. The maximum absolute atomic E-state index is 10.9. The highest BCUT2D eigenvalue weighted by molar-refractivity contribution is 9.11. The minimum absolute atomic E-state index is 0.349. The number of imide groups is 1. The fourth-order valence-corrected chi connectivity index (χ4v) is 0.860. The summed E-state index contributed by atoms with van der Waals surface area (Å²) in [4.78, 5) is 22.8. The molecule has 0 saturated carbocycles. The number of carbonyl (C=O) groups excluding carboxylic acids is 2. The number of rotatable bonds is 1. The molecule has 0 aromatic heterocycles. The number of urea groups is 1. The third-order valence-electron chi connectivity index (χ3n) is 1.05. The van der Waals surface area contributed by atoms with Crippen LogP contribution in [-0.4, -0.2) is 11.9 Å². The number of nitrogens with one attached hydrogen (secondary N) is 1. The van der Waals surface area contributed by atoms with E-state index in [2.05, 4.69) is 21.2 Å². The van der Waals surface area contributed by atoms with E-state index in [1.807, 2.05) is 5.32 Å². The second kappa shape index (κ2) is 3.34. The fourth-order valence-electron chi connectivity index (χ4n) is 0.575. The molecule has 1 aliphatic heterocycles. The van der Waals surface area contributed by atoms with E-state index in [4.69, 9.17) is 0 Å². The smallest absolute Gasteiger partial charge is 0.272 e. The second-order valence-electron chi connectivity index (χ2n) is 1.77. The zero-order valence-corrected chi connectivity index (χ0v) is 6.96. The van der Waals surface area contributed by atoms with Crippen LogP contribution in [-0.2, 0) is 4.79 Å². The molecule has 3 amide bonds. The molecule has 11 heavy (non-hydrogen) atoms. The van der Waals surface area contributed by atoms with E-state index in [1.165, 1.54) is 17.3 Å². The molecule has 1 N–H and O–H groups in total. The lowest BCUT2D eigenvalue weighted by atomic mass is 10.2. The van der Waals surface area contributed by atoms with Crippen LogP contribution in [0.5, 0.6) is 0 Å². The van der Waals surface area contributed by atoms with Crippen LogP contribution in [0.3, 0.4) is 0 Å². The number of hydrogen-bond acceptors (Lipinski definition) is 2. The van der Waals surface area contributed by atoms with Gasteiger partial charge in [0, 0.05) is 6.20 Å². The van der Waals surface area contributed by atoms with Crippen molar-refractivity contribution in [2.24, 2.45) is 0 Å². The van der Waals surface area contributed by atoms with Gasteiger partial charge in [0.2, 0.25) is 0 Å². The van der Waals surface area contributed by atoms with E-state index >= 15 is 0 Å². The molecule has 1 heterocycles. The third-order valence-corrected chi connectivity index (χ3v) is 1.31. The lowest BCUT2D eigenvalue weighted by Crippen LogP contribution is -2.38. The predicted octanol–water partition coefficient (Wildman–Crippen LogP) is 0.633. The quantitative estimate of drug-likeness (QED) is 0.698. The Bertz CT molecular complexity index is 257. The molecule has 0 aromatic carbocycles. The van der Waals surface area contributed by atoms with Crippen LogP contribution >= 0.6 is 15.9 Å². The molecule has 1 rings (SSSR count). The molecule has 1 radical (unpaired) electrons. The fraction of sp³-hybridized carbons (Fsp3) is 0. The molecule has 1 aliphatic rings. The number of carbonyl (C=O) groups is 2. The van der Waals surface area contributed by atoms with Gasteiger partial charge in [0.25, 0.3) is 5.91 Å². The maximum atomic E-state index is 10.9. The molecule has 0 atom stereocenters. The lowest BCUT2D eigenvalue weighted by molar-refractivity contribution is -0.116. The van der Waals surface area contributed by atoms with Crippen LogP contribution < -0.4 is 10.6 Å². The molecular weight excluding hydrogens is 212 g/mol. The van der Waals surface area contributed by atoms with Crippen molar-refractivity contribution in [3.05, 3.63) is 22.8 Å². The van der Waals surface area contributed by atoms with Crippen molar-refractivity contribution in [1.82, 2.24) is 10.6 Å². The minimum atomic E-state index is -0.623. The average molecular weight is 216 g/mol. The highest BCUT2D eigenvalue weighted by Gasteiger charge is 2.16. The Hall–Kier alpha value is -1.10. The van der Waals surface area contributed by atoms with Crippen LogP contribution in [0, 0.1) is 0 Å². The SMILES string of the molecule is O=C1[N]C=C(/C=C/Br)C(=O)N1. The lowest BCUT2D eigenvalue weighted by Gasteiger charge is -2.07. The Morgan fingerprint density at radius 2 is 2.27 bits per heavy atom. The number of hydrogen-bond donors (Lipinski definition) is 1. The Morgan fingerprint density at radius 1 is 1.55 bits per heavy atom. The van der Waals surface area contributed by atoms with Crippen molar-refractivity contribution in [1.29, 1.82) is 0 Å². The van der Waals surface area contributed by atoms with Crippen LogP contribution in [0.1, 0.15) is 0 Å². The zero-order valence-electron chi connectivity index (χ0n) is 5.37. The molecule has 0 spiro atoms. The second-order valence-corrected chi connectivity index (χ2v) is 2.29. The number of nitrogens with zero attached hydrogens (tertiary/aromatic N) is 1. The summed E-state index contributed by atoms with van der Waals surface area (Å²) in [6, 6.07) is -0.623. The van der Waals surface area contributed by atoms with Crippen molar-refractivity contribution >= 4 is 27.9 Å². The first-order valence-electron chi connectivity index (χ1n) is 2.77. The average Bonchev–Trinajstić information content (AvgIpc) is 1.95. The van der Waals surface area contributed by atoms with Crippen LogP contribution in [0.15, 0.2) is 22.8 Å². The van der Waals surface area contributed by atoms with Gasteiger partial charge in [-0.15, -0.1) is 0 Å². The van der Waals surface area contributed by atoms with Crippen molar-refractivity contribution in [3.63, 3.8) is 0 Å². The van der Waals surface area contributed by atoms with Gasteiger partial charge in [-0.2, -0.15) is 0 Å². The highest BCUT2D eigenvalue weighted by atomic mass is 79.9. The van der Waals surface area contributed by atoms with Crippen LogP contribution in [0.25, 0.3) is 0 Å². The van der Waals surface area contributed by atoms with Crippen molar-refractivity contribution < 1.29 is 9.59 Å². The minimum Gasteiger partial charge on any atom is -0.272 e. The normalized spacial score (nSPS) is 17.7. The van der Waals surface area contributed by atoms with Gasteiger partial charge in [0.05, 0.1) is 5.57 Å². The summed E-state index contributed by atoms with van der Waals surface area (Å²) in [5, 5.41) is 5.40. The summed E-state index contributed by atoms with van der Waals surface area (Å²) in [7, 11) is 0. The standard InChI is InChI=1S/C6H4BrN2O2/c7-2-1-4-3-8-6(11)9-5(4)10/h1-3H,(H,9,10,11)/b2-1+. The van der Waals surface area contributed by atoms with Crippen LogP contribution in [0.2, 0.25) is 0 Å². The van der Waals surface area contributed by atoms with Gasteiger partial charge < -0.3 is 0 Å². The first-order chi connectivity index (χ1) is 5.24. The predicted molar refractivity (Wildman–Crippen MR) is 41.8 cm³/mol. The van der Waals surface area contributed by atoms with E-state index in [0.717, 1.165) is 0 Å². The summed E-state index contributed by atoms with van der Waals surface area (Å²) in [5.74, 6) is -0.430. The molecule has 0 aromatic rings. The van der Waals surface area contributed by atoms with E-state index in [9.17, 15) is 9.59 Å². The van der Waals surface area contributed by atoms with Gasteiger partial charge in [-0.1, -0.05) is 15.9 Å². The van der Waals surface area contributed by atoms with Gasteiger partial charge in [-0.3, -0.25) is 10.1 Å². The molecule has 0 fully saturated rings. The van der Waals surface area contributed by atoms with Gasteiger partial charge in [-0.05, 0) is 11.1 Å². The van der Waals surface area contributed by atoms with Crippen molar-refractivity contribution in [2.75, 3.05) is 0 Å². The van der Waals surface area contributed by atoms with Crippen molar-refractivity contribution in [2.45, 2.75) is 0 Å². The Kier molecular flexibility index (Phi) is 2.43. The first kappa shape index (κ1) is 8.00. The summed E-state index contributed by atoms with van der Waals surface area (Å²) in [6.45, 7) is 0. The zero-order chi connectivity index (χ0) is 8.27. The van der Waals surface area contributed by atoms with Gasteiger partial charge in [-0.25, -0.2) is 10.1 Å². The Labute approximate surface area is 71.5 Å². The number of halogens is 1. The first-order valence-corrected chi connectivity index (χ1v) is 3.68. The van der Waals surface area contributed by atoms with Gasteiger partial charge in [0.1, 0.15) is 0 Å². The van der Waals surface area contributed by atoms with Crippen LogP contribution in [0.4, 0.5) is 4.79 Å². The number of amides is 3. The third kappa shape index (κ3) is 1.91. The van der Waals surface area contributed by atoms with Gasteiger partial charge in [0.15, 0.2) is 0 Å². The maximum Gasteiger partial charge on any atom is 0.347 e. The molecule has 5 heteroatoms.